The van der Waals surface area contributed by atoms with Gasteiger partial charge in [0.25, 0.3) is 0 Å². The van der Waals surface area contributed by atoms with Crippen molar-refractivity contribution < 1.29 is 19.5 Å². The van der Waals surface area contributed by atoms with Gasteiger partial charge in [-0.15, -0.1) is 0 Å². The van der Waals surface area contributed by atoms with Crippen molar-refractivity contribution in [3.8, 4) is 0 Å². The molecule has 1 atom stereocenters. The molecule has 7 nitrogen and oxygen atoms in total. The number of hydrogen-bond acceptors (Lipinski definition) is 3. The van der Waals surface area contributed by atoms with Crippen molar-refractivity contribution in [2.45, 2.75) is 12.5 Å². The molecule has 100 valence electrons. The van der Waals surface area contributed by atoms with Gasteiger partial charge in [-0.1, -0.05) is 22.5 Å². The third-order valence-corrected chi connectivity index (χ3v) is 2.67. The Morgan fingerprint density at radius 3 is 2.83 bits per heavy atom. The van der Waals surface area contributed by atoms with E-state index in [9.17, 15) is 14.4 Å². The van der Waals surface area contributed by atoms with Crippen molar-refractivity contribution in [3.63, 3.8) is 0 Å². The first-order chi connectivity index (χ1) is 8.41. The van der Waals surface area contributed by atoms with Gasteiger partial charge in [0.1, 0.15) is 6.04 Å². The van der Waals surface area contributed by atoms with Gasteiger partial charge in [0.05, 0.1) is 13.0 Å². The van der Waals surface area contributed by atoms with Crippen molar-refractivity contribution in [3.05, 3.63) is 11.1 Å². The van der Waals surface area contributed by atoms with Crippen LogP contribution in [-0.2, 0) is 9.59 Å². The third kappa shape index (κ3) is 4.02. The third-order valence-electron chi connectivity index (χ3n) is 2.39. The van der Waals surface area contributed by atoms with Crippen LogP contribution in [0.15, 0.2) is 11.1 Å². The molecular formula is C10H14BrN3O4. The lowest BCUT2D eigenvalue weighted by Gasteiger charge is -2.34. The van der Waals surface area contributed by atoms with Gasteiger partial charge in [0.15, 0.2) is 0 Å². The van der Waals surface area contributed by atoms with Gasteiger partial charge in [-0.05, 0) is 0 Å². The Kier molecular flexibility index (Phi) is 5.14. The molecule has 0 bridgehead atoms. The molecule has 1 unspecified atom stereocenters. The first-order valence-electron chi connectivity index (χ1n) is 5.29. The van der Waals surface area contributed by atoms with E-state index in [0.29, 0.717) is 11.0 Å². The summed E-state index contributed by atoms with van der Waals surface area (Å²) in [4.78, 5) is 35.3. The molecule has 1 fully saturated rings. The predicted molar refractivity (Wildman–Crippen MR) is 67.2 cm³/mol. The molecular weight excluding hydrogens is 306 g/mol. The predicted octanol–water partition coefficient (Wildman–Crippen LogP) is -0.120. The highest BCUT2D eigenvalue weighted by atomic mass is 79.9. The number of amides is 3. The van der Waals surface area contributed by atoms with Gasteiger partial charge < -0.3 is 20.6 Å². The van der Waals surface area contributed by atoms with Gasteiger partial charge >= 0.3 is 12.0 Å². The number of carboxylic acids is 1. The van der Waals surface area contributed by atoms with E-state index in [0.717, 1.165) is 0 Å². The molecule has 1 saturated heterocycles. The molecule has 0 radical (unpaired) electrons. The molecule has 3 amide bonds. The van der Waals surface area contributed by atoms with Gasteiger partial charge in [-0.3, -0.25) is 9.59 Å². The first kappa shape index (κ1) is 14.5. The summed E-state index contributed by atoms with van der Waals surface area (Å²) < 4.78 is 0.590. The van der Waals surface area contributed by atoms with Crippen LogP contribution in [0, 0.1) is 0 Å². The Balaban J connectivity index is 2.69. The maximum Gasteiger partial charge on any atom is 0.318 e. The number of halogens is 1. The number of aliphatic carboxylic acids is 1. The van der Waals surface area contributed by atoms with E-state index in [4.69, 9.17) is 5.11 Å². The monoisotopic (exact) mass is 319 g/mol. The zero-order valence-corrected chi connectivity index (χ0v) is 11.2. The molecule has 1 heterocycles. The molecule has 1 rings (SSSR count). The molecule has 0 saturated carbocycles. The second-order valence-electron chi connectivity index (χ2n) is 3.77. The minimum Gasteiger partial charge on any atom is -0.481 e. The Bertz CT molecular complexity index is 385. The van der Waals surface area contributed by atoms with E-state index in [2.05, 4.69) is 33.1 Å². The van der Waals surface area contributed by atoms with Crippen LogP contribution in [0.2, 0.25) is 0 Å². The summed E-state index contributed by atoms with van der Waals surface area (Å²) in [5.74, 6) is -1.57. The van der Waals surface area contributed by atoms with Crippen LogP contribution in [0.1, 0.15) is 6.42 Å². The van der Waals surface area contributed by atoms with E-state index < -0.39 is 30.4 Å². The fourth-order valence-corrected chi connectivity index (χ4v) is 1.74. The van der Waals surface area contributed by atoms with Crippen molar-refractivity contribution in [1.29, 1.82) is 0 Å². The summed E-state index contributed by atoms with van der Waals surface area (Å²) >= 11 is 3.09. The van der Waals surface area contributed by atoms with E-state index in [1.807, 2.05) is 0 Å². The maximum absolute atomic E-state index is 11.8. The molecule has 8 heteroatoms. The average Bonchev–Trinajstić information content (AvgIpc) is 2.28. The summed E-state index contributed by atoms with van der Waals surface area (Å²) in [7, 11) is 0. The lowest BCUT2D eigenvalue weighted by molar-refractivity contribution is -0.142. The zero-order valence-electron chi connectivity index (χ0n) is 9.61. The summed E-state index contributed by atoms with van der Waals surface area (Å²) in [5, 5.41) is 13.8. The number of nitrogens with one attached hydrogen (secondary N) is 2. The fourth-order valence-electron chi connectivity index (χ4n) is 1.60. The van der Waals surface area contributed by atoms with Crippen molar-refractivity contribution in [1.82, 2.24) is 15.5 Å². The minimum atomic E-state index is -1.13. The topological polar surface area (TPSA) is 98.7 Å². The number of carbonyl (C=O) groups excluding carboxylic acids is 2. The fraction of sp³-hybridized carbons (Fsp3) is 0.500. The van der Waals surface area contributed by atoms with Crippen molar-refractivity contribution >= 4 is 33.8 Å². The summed E-state index contributed by atoms with van der Waals surface area (Å²) in [6.07, 6.45) is -0.408. The van der Waals surface area contributed by atoms with Crippen LogP contribution in [0.4, 0.5) is 4.79 Å². The zero-order chi connectivity index (χ0) is 13.7. The number of urea groups is 1. The average molecular weight is 320 g/mol. The standard InChI is InChI=1S/C10H14BrN3O4/c1-6(11)5-13-10(18)14-3-2-12-9(17)7(14)4-8(15)16/h7H,1-5H2,(H,12,17)(H,13,18)(H,15,16). The largest absolute Gasteiger partial charge is 0.481 e. The Morgan fingerprint density at radius 1 is 1.61 bits per heavy atom. The van der Waals surface area contributed by atoms with Crippen LogP contribution in [-0.4, -0.2) is 53.6 Å². The van der Waals surface area contributed by atoms with Crippen molar-refractivity contribution in [2.24, 2.45) is 0 Å². The number of nitrogens with zero attached hydrogens (tertiary/aromatic N) is 1. The smallest absolute Gasteiger partial charge is 0.318 e. The number of carboxylic acid groups (broad SMARTS) is 1. The normalized spacial score (nSPS) is 19.1. The number of rotatable bonds is 4. The van der Waals surface area contributed by atoms with Crippen LogP contribution in [0.5, 0.6) is 0 Å². The Morgan fingerprint density at radius 2 is 2.28 bits per heavy atom. The van der Waals surface area contributed by atoms with Gasteiger partial charge in [-0.25, -0.2) is 4.79 Å². The summed E-state index contributed by atoms with van der Waals surface area (Å²) in [6.45, 7) is 4.38. The van der Waals surface area contributed by atoms with Crippen LogP contribution >= 0.6 is 15.9 Å². The SMILES string of the molecule is C=C(Br)CNC(=O)N1CCNC(=O)C1CC(=O)O. The first-order valence-corrected chi connectivity index (χ1v) is 6.08. The molecule has 0 aromatic rings. The maximum atomic E-state index is 11.8. The Hall–Kier alpha value is -1.57. The van der Waals surface area contributed by atoms with E-state index in [-0.39, 0.29) is 13.1 Å². The molecule has 0 aromatic heterocycles. The highest BCUT2D eigenvalue weighted by Crippen LogP contribution is 2.09. The van der Waals surface area contributed by atoms with Crippen LogP contribution in [0.3, 0.4) is 0 Å². The lowest BCUT2D eigenvalue weighted by Crippen LogP contribution is -2.60. The number of carbonyl (C=O) groups is 3. The van der Waals surface area contributed by atoms with Gasteiger partial charge in [-0.2, -0.15) is 0 Å². The van der Waals surface area contributed by atoms with E-state index in [1.54, 1.807) is 0 Å². The highest BCUT2D eigenvalue weighted by Gasteiger charge is 2.34. The highest BCUT2D eigenvalue weighted by molar-refractivity contribution is 9.11. The number of hydrogen-bond donors (Lipinski definition) is 3. The van der Waals surface area contributed by atoms with Crippen LogP contribution in [0.25, 0.3) is 0 Å². The van der Waals surface area contributed by atoms with Gasteiger partial charge in [0, 0.05) is 17.6 Å². The van der Waals surface area contributed by atoms with Crippen molar-refractivity contribution in [2.75, 3.05) is 19.6 Å². The Labute approximate surface area is 112 Å². The molecule has 1 aliphatic rings. The van der Waals surface area contributed by atoms with Gasteiger partial charge in [0.2, 0.25) is 5.91 Å². The lowest BCUT2D eigenvalue weighted by atomic mass is 10.1. The number of piperazine rings is 1. The molecule has 0 spiro atoms. The molecule has 18 heavy (non-hydrogen) atoms. The van der Waals surface area contributed by atoms with E-state index in [1.165, 1.54) is 4.90 Å². The molecule has 1 aliphatic heterocycles. The quantitative estimate of drug-likeness (QED) is 0.672. The molecule has 3 N–H and O–H groups in total. The summed E-state index contributed by atoms with van der Waals surface area (Å²) in [6, 6.07) is -1.45. The second-order valence-corrected chi connectivity index (χ2v) is 4.90. The molecule has 0 aliphatic carbocycles. The minimum absolute atomic E-state index is 0.219. The summed E-state index contributed by atoms with van der Waals surface area (Å²) in [5.41, 5.74) is 0. The van der Waals surface area contributed by atoms with Crippen LogP contribution < -0.4 is 10.6 Å². The molecule has 0 aromatic carbocycles. The van der Waals surface area contributed by atoms with E-state index >= 15 is 0 Å². The second kappa shape index (κ2) is 6.39.